The van der Waals surface area contributed by atoms with Gasteiger partial charge in [-0.05, 0) is 6.92 Å². The summed E-state index contributed by atoms with van der Waals surface area (Å²) in [7, 11) is 1.54. The van der Waals surface area contributed by atoms with Gasteiger partial charge < -0.3 is 4.90 Å². The Morgan fingerprint density at radius 1 is 1.62 bits per heavy atom. The number of imide groups is 1. The van der Waals surface area contributed by atoms with Crippen molar-refractivity contribution >= 4 is 11.9 Å². The van der Waals surface area contributed by atoms with Crippen LogP contribution in [0.25, 0.3) is 0 Å². The molecule has 0 radical (unpaired) electrons. The second-order valence-electron chi connectivity index (χ2n) is 2.83. The van der Waals surface area contributed by atoms with E-state index in [-0.39, 0.29) is 18.5 Å². The number of carbonyl (C=O) groups excluding carboxylic acids is 2. The number of carbonyl (C=O) groups is 2. The Balaban J connectivity index is 2.89. The first-order chi connectivity index (χ1) is 6.06. The van der Waals surface area contributed by atoms with E-state index in [1.165, 1.54) is 18.1 Å². The fourth-order valence-corrected chi connectivity index (χ4v) is 0.987. The zero-order chi connectivity index (χ0) is 10.0. The Morgan fingerprint density at radius 3 is 2.62 bits per heavy atom. The zero-order valence-corrected chi connectivity index (χ0v) is 7.44. The molecule has 0 spiro atoms. The summed E-state index contributed by atoms with van der Waals surface area (Å²) in [6.45, 7) is 1.62. The van der Waals surface area contributed by atoms with Crippen LogP contribution in [0.15, 0.2) is 11.8 Å². The molecule has 0 bridgehead atoms. The maximum absolute atomic E-state index is 11.2. The maximum Gasteiger partial charge on any atom is 0.331 e. The molecule has 0 aromatic carbocycles. The molecule has 3 amide bonds. The van der Waals surface area contributed by atoms with E-state index < -0.39 is 0 Å². The van der Waals surface area contributed by atoms with Crippen molar-refractivity contribution in [2.75, 3.05) is 13.6 Å². The molecule has 1 aliphatic heterocycles. The topological polar surface area (TPSA) is 64.4 Å². The molecule has 0 unspecified atom stereocenters. The van der Waals surface area contributed by atoms with Gasteiger partial charge >= 0.3 is 6.03 Å². The molecule has 0 atom stereocenters. The summed E-state index contributed by atoms with van der Waals surface area (Å²) in [5, 5.41) is 8.45. The summed E-state index contributed by atoms with van der Waals surface area (Å²) in [5.74, 6) is -0.304. The third-order valence-corrected chi connectivity index (χ3v) is 1.67. The predicted octanol–water partition coefficient (Wildman–Crippen LogP) is 0.308. The Kier molecular flexibility index (Phi) is 2.33. The number of nitrogens with zero attached hydrogens (tertiary/aromatic N) is 3. The zero-order valence-electron chi connectivity index (χ0n) is 7.44. The average molecular weight is 179 g/mol. The van der Waals surface area contributed by atoms with Crippen molar-refractivity contribution in [2.24, 2.45) is 0 Å². The van der Waals surface area contributed by atoms with Crippen LogP contribution in [0.5, 0.6) is 0 Å². The smallest absolute Gasteiger partial charge is 0.318 e. The van der Waals surface area contributed by atoms with Crippen LogP contribution in [-0.2, 0) is 4.79 Å². The number of allylic oxidation sites excluding steroid dienone is 1. The SMILES string of the molecule is C/C(C#N)=C\N1C(=O)CN(C)C1=O. The highest BCUT2D eigenvalue weighted by Gasteiger charge is 2.32. The Hall–Kier alpha value is -1.83. The van der Waals surface area contributed by atoms with Crippen molar-refractivity contribution in [1.29, 1.82) is 5.26 Å². The van der Waals surface area contributed by atoms with Gasteiger partial charge in [-0.1, -0.05) is 0 Å². The minimum absolute atomic E-state index is 0.0774. The predicted molar refractivity (Wildman–Crippen MR) is 44.2 cm³/mol. The number of hydrogen-bond donors (Lipinski definition) is 0. The van der Waals surface area contributed by atoms with Crippen molar-refractivity contribution < 1.29 is 9.59 Å². The van der Waals surface area contributed by atoms with Crippen LogP contribution >= 0.6 is 0 Å². The second-order valence-corrected chi connectivity index (χ2v) is 2.83. The third kappa shape index (κ3) is 1.67. The summed E-state index contributed by atoms with van der Waals surface area (Å²) in [6.07, 6.45) is 1.26. The van der Waals surface area contributed by atoms with E-state index in [1.807, 2.05) is 6.07 Å². The number of hydrogen-bond acceptors (Lipinski definition) is 3. The molecule has 1 fully saturated rings. The fraction of sp³-hybridized carbons (Fsp3) is 0.375. The molecule has 13 heavy (non-hydrogen) atoms. The highest BCUT2D eigenvalue weighted by Crippen LogP contribution is 2.09. The molecule has 5 nitrogen and oxygen atoms in total. The molecular weight excluding hydrogens is 170 g/mol. The van der Waals surface area contributed by atoms with Crippen LogP contribution in [0.3, 0.4) is 0 Å². The molecular formula is C8H9N3O2. The van der Waals surface area contributed by atoms with Crippen LogP contribution in [0, 0.1) is 11.3 Å². The van der Waals surface area contributed by atoms with Gasteiger partial charge in [0.25, 0.3) is 5.91 Å². The van der Waals surface area contributed by atoms with Crippen LogP contribution in [0.1, 0.15) is 6.92 Å². The molecule has 1 aliphatic rings. The molecule has 1 rings (SSSR count). The molecule has 0 N–H and O–H groups in total. The molecule has 0 aromatic rings. The standard InChI is InChI=1S/C8H9N3O2/c1-6(3-9)4-11-7(12)5-10(2)8(11)13/h4H,5H2,1-2H3/b6-4+. The number of urea groups is 1. The van der Waals surface area contributed by atoms with E-state index in [2.05, 4.69) is 0 Å². The van der Waals surface area contributed by atoms with Crippen molar-refractivity contribution in [3.05, 3.63) is 11.8 Å². The second kappa shape index (κ2) is 3.27. The van der Waals surface area contributed by atoms with Gasteiger partial charge in [0.1, 0.15) is 6.54 Å². The first kappa shape index (κ1) is 9.26. The van der Waals surface area contributed by atoms with E-state index in [1.54, 1.807) is 6.92 Å². The molecule has 68 valence electrons. The number of amides is 3. The average Bonchev–Trinajstić information content (AvgIpc) is 2.32. The summed E-state index contributed by atoms with van der Waals surface area (Å²) < 4.78 is 0. The minimum atomic E-state index is -0.389. The van der Waals surface area contributed by atoms with Crippen molar-refractivity contribution in [1.82, 2.24) is 9.80 Å². The van der Waals surface area contributed by atoms with Crippen LogP contribution in [-0.4, -0.2) is 35.3 Å². The van der Waals surface area contributed by atoms with Gasteiger partial charge in [0, 0.05) is 18.8 Å². The number of rotatable bonds is 1. The van der Waals surface area contributed by atoms with Gasteiger partial charge in [0.05, 0.1) is 6.07 Å². The summed E-state index contributed by atoms with van der Waals surface area (Å²) in [4.78, 5) is 24.7. The highest BCUT2D eigenvalue weighted by molar-refractivity contribution is 6.02. The van der Waals surface area contributed by atoms with Crippen molar-refractivity contribution in [3.63, 3.8) is 0 Å². The monoisotopic (exact) mass is 179 g/mol. The normalized spacial score (nSPS) is 18.1. The van der Waals surface area contributed by atoms with Crippen LogP contribution < -0.4 is 0 Å². The first-order valence-electron chi connectivity index (χ1n) is 3.72. The Labute approximate surface area is 75.8 Å². The molecule has 1 saturated heterocycles. The van der Waals surface area contributed by atoms with Gasteiger partial charge in [-0.2, -0.15) is 5.26 Å². The van der Waals surface area contributed by atoms with E-state index in [0.717, 1.165) is 4.90 Å². The Morgan fingerprint density at radius 2 is 2.23 bits per heavy atom. The lowest BCUT2D eigenvalue weighted by Gasteiger charge is -2.08. The van der Waals surface area contributed by atoms with Crippen molar-refractivity contribution in [3.8, 4) is 6.07 Å². The van der Waals surface area contributed by atoms with Gasteiger partial charge in [-0.25, -0.2) is 9.69 Å². The van der Waals surface area contributed by atoms with Crippen LogP contribution in [0.4, 0.5) is 4.79 Å². The quantitative estimate of drug-likeness (QED) is 0.429. The van der Waals surface area contributed by atoms with E-state index in [4.69, 9.17) is 5.26 Å². The van der Waals surface area contributed by atoms with Gasteiger partial charge in [-0.15, -0.1) is 0 Å². The van der Waals surface area contributed by atoms with Gasteiger partial charge in [0.15, 0.2) is 0 Å². The first-order valence-corrected chi connectivity index (χ1v) is 3.72. The fourth-order valence-electron chi connectivity index (χ4n) is 0.987. The minimum Gasteiger partial charge on any atom is -0.318 e. The Bertz CT molecular complexity index is 327. The highest BCUT2D eigenvalue weighted by atomic mass is 16.2. The molecule has 0 aromatic heterocycles. The van der Waals surface area contributed by atoms with E-state index >= 15 is 0 Å². The van der Waals surface area contributed by atoms with E-state index in [0.29, 0.717) is 5.57 Å². The third-order valence-electron chi connectivity index (χ3n) is 1.67. The maximum atomic E-state index is 11.2. The van der Waals surface area contributed by atoms with Gasteiger partial charge in [-0.3, -0.25) is 4.79 Å². The molecule has 5 heteroatoms. The number of likely N-dealkylation sites (N-methyl/N-ethyl adjacent to an activating group) is 1. The van der Waals surface area contributed by atoms with E-state index in [9.17, 15) is 9.59 Å². The molecule has 1 heterocycles. The summed E-state index contributed by atoms with van der Waals surface area (Å²) >= 11 is 0. The van der Waals surface area contributed by atoms with Crippen molar-refractivity contribution in [2.45, 2.75) is 6.92 Å². The lowest BCUT2D eigenvalue weighted by molar-refractivity contribution is -0.123. The van der Waals surface area contributed by atoms with Crippen LogP contribution in [0.2, 0.25) is 0 Å². The lowest BCUT2D eigenvalue weighted by atomic mass is 10.3. The van der Waals surface area contributed by atoms with Gasteiger partial charge in [0.2, 0.25) is 0 Å². The number of nitriles is 1. The largest absolute Gasteiger partial charge is 0.331 e. The summed E-state index contributed by atoms with van der Waals surface area (Å²) in [6, 6.07) is 1.45. The molecule has 0 saturated carbocycles. The summed E-state index contributed by atoms with van der Waals surface area (Å²) in [5.41, 5.74) is 0.331. The lowest BCUT2D eigenvalue weighted by Crippen LogP contribution is -2.26. The molecule has 0 aliphatic carbocycles.